The van der Waals surface area contributed by atoms with Crippen LogP contribution in [0.1, 0.15) is 10.5 Å². The molecule has 1 aromatic carbocycles. The van der Waals surface area contributed by atoms with Crippen molar-refractivity contribution in [3.05, 3.63) is 36.2 Å². The molecule has 3 heterocycles. The van der Waals surface area contributed by atoms with Crippen LogP contribution in [0.15, 0.2) is 30.5 Å². The molecule has 1 N–H and O–H groups in total. The summed E-state index contributed by atoms with van der Waals surface area (Å²) in [5.74, 6) is 0.656. The molecule has 1 amide bonds. The normalized spacial score (nSPS) is 14.9. The zero-order valence-corrected chi connectivity index (χ0v) is 19.9. The van der Waals surface area contributed by atoms with E-state index in [1.165, 1.54) is 0 Å². The number of hydrogen-bond donors (Lipinski definition) is 1. The van der Waals surface area contributed by atoms with Gasteiger partial charge >= 0.3 is 0 Å². The van der Waals surface area contributed by atoms with Gasteiger partial charge in [0.2, 0.25) is 0 Å². The fourth-order valence-electron chi connectivity index (χ4n) is 3.64. The first kappa shape index (κ1) is 21.5. The van der Waals surface area contributed by atoms with Gasteiger partial charge in [-0.1, -0.05) is 0 Å². The van der Waals surface area contributed by atoms with Crippen LogP contribution in [0.5, 0.6) is 5.75 Å². The number of fused-ring (bicyclic) bond motifs is 1. The topological polar surface area (TPSA) is 73.6 Å². The Kier molecular flexibility index (Phi) is 6.86. The third kappa shape index (κ3) is 4.46. The van der Waals surface area contributed by atoms with Crippen molar-refractivity contribution in [3.8, 4) is 17.0 Å². The first-order chi connectivity index (χ1) is 14.6. The number of carbonyl (C=O) groups excluding carboxylic acids is 1. The molecule has 1 aliphatic rings. The predicted molar refractivity (Wildman–Crippen MR) is 127 cm³/mol. The summed E-state index contributed by atoms with van der Waals surface area (Å²) in [6.07, 6.45) is 2.07. The van der Waals surface area contributed by atoms with E-state index < -0.39 is 0 Å². The summed E-state index contributed by atoms with van der Waals surface area (Å²) in [6.45, 7) is 4.74. The Morgan fingerprint density at radius 3 is 2.87 bits per heavy atom. The molecule has 0 spiro atoms. The highest BCUT2D eigenvalue weighted by molar-refractivity contribution is 14.2. The van der Waals surface area contributed by atoms with Gasteiger partial charge in [0.1, 0.15) is 5.75 Å². The van der Waals surface area contributed by atoms with Gasteiger partial charge in [-0.15, -0.1) is 0 Å². The monoisotopic (exact) mass is 541 g/mol. The van der Waals surface area contributed by atoms with Crippen molar-refractivity contribution in [2.75, 3.05) is 46.5 Å². The number of hydrogen-bond acceptors (Lipinski definition) is 6. The van der Waals surface area contributed by atoms with E-state index in [-0.39, 0.29) is 5.91 Å². The van der Waals surface area contributed by atoms with Gasteiger partial charge in [0.15, 0.2) is 5.69 Å². The minimum atomic E-state index is -0.154. The molecule has 1 saturated heterocycles. The maximum atomic E-state index is 12.6. The van der Waals surface area contributed by atoms with Crippen LogP contribution >= 0.6 is 30.3 Å². The molecule has 0 atom stereocenters. The minimum Gasteiger partial charge on any atom is -0.497 e. The summed E-state index contributed by atoms with van der Waals surface area (Å²) in [5, 5.41) is 8.52. The Morgan fingerprint density at radius 1 is 1.33 bits per heavy atom. The molecule has 0 bridgehead atoms. The van der Waals surface area contributed by atoms with E-state index in [2.05, 4.69) is 46.7 Å². The highest BCUT2D eigenvalue weighted by atomic mass is 127. The maximum absolute atomic E-state index is 12.6. The van der Waals surface area contributed by atoms with Crippen molar-refractivity contribution >= 4 is 47.1 Å². The highest BCUT2D eigenvalue weighted by Gasteiger charge is 2.19. The lowest BCUT2D eigenvalue weighted by Gasteiger charge is -2.26. The molecule has 1 aliphatic heterocycles. The molecule has 1 fully saturated rings. The van der Waals surface area contributed by atoms with Crippen molar-refractivity contribution < 1.29 is 14.3 Å². The molecule has 30 heavy (non-hydrogen) atoms. The number of carbonyl (C=O) groups is 1. The van der Waals surface area contributed by atoms with Crippen LogP contribution in [0.2, 0.25) is 0 Å². The molecular formula is C20H24IN5O3S. The van der Waals surface area contributed by atoms with E-state index in [0.29, 0.717) is 12.2 Å². The smallest absolute Gasteiger partial charge is 0.271 e. The number of halogens is 1. The van der Waals surface area contributed by atoms with Crippen molar-refractivity contribution in [2.24, 2.45) is 7.05 Å². The summed E-state index contributed by atoms with van der Waals surface area (Å²) in [7, 11) is 5.11. The minimum absolute atomic E-state index is 0.154. The van der Waals surface area contributed by atoms with E-state index >= 15 is 0 Å². The second-order valence-corrected chi connectivity index (χ2v) is 8.78. The van der Waals surface area contributed by atoms with Crippen LogP contribution in [0, 0.1) is 0 Å². The Labute approximate surface area is 191 Å². The van der Waals surface area contributed by atoms with Crippen LogP contribution < -0.4 is 10.1 Å². The summed E-state index contributed by atoms with van der Waals surface area (Å²) < 4.78 is 14.6. The summed E-state index contributed by atoms with van der Waals surface area (Å²) >= 11 is 2.26. The maximum Gasteiger partial charge on any atom is 0.271 e. The average molecular weight is 541 g/mol. The first-order valence-electron chi connectivity index (χ1n) is 9.71. The van der Waals surface area contributed by atoms with Gasteiger partial charge in [0, 0.05) is 86.8 Å². The number of nitrogens with one attached hydrogen (secondary N) is 1. The molecule has 8 nitrogen and oxygen atoms in total. The molecule has 4 rings (SSSR count). The lowest BCUT2D eigenvalue weighted by molar-refractivity contribution is 0.0383. The van der Waals surface area contributed by atoms with E-state index in [1.54, 1.807) is 20.9 Å². The number of aryl methyl sites for hydroxylation is 1. The van der Waals surface area contributed by atoms with E-state index in [0.717, 1.165) is 60.8 Å². The zero-order valence-electron chi connectivity index (χ0n) is 16.9. The molecule has 3 aromatic rings. The molecule has 0 aliphatic carbocycles. The fourth-order valence-corrected chi connectivity index (χ4v) is 4.99. The SMILES string of the molecule is COc1ccc2c(-c3cc(C(=O)NCCN4CCOCC4)nn3C)cn(SI)c2c1. The lowest BCUT2D eigenvalue weighted by atomic mass is 10.1. The number of rotatable bonds is 7. The third-order valence-corrected chi connectivity index (χ3v) is 6.98. The van der Waals surface area contributed by atoms with Crippen LogP contribution in [-0.4, -0.2) is 71.1 Å². The standard InChI is InChI=1S/C20H24IN5O3S/c1-24-18(16-13-26(30-21)19-11-14(28-2)3-4-15(16)19)12-17(23-24)20(27)22-5-6-25-7-9-29-10-8-25/h3-4,11-13H,5-10H2,1-2H3,(H,22,27). The van der Waals surface area contributed by atoms with Gasteiger partial charge in [-0.3, -0.25) is 18.3 Å². The number of aromatic nitrogens is 3. The van der Waals surface area contributed by atoms with Crippen LogP contribution in [0.3, 0.4) is 0 Å². The number of morpholine rings is 1. The summed E-state index contributed by atoms with van der Waals surface area (Å²) in [5.41, 5.74) is 3.40. The van der Waals surface area contributed by atoms with Crippen molar-refractivity contribution in [2.45, 2.75) is 0 Å². The quantitative estimate of drug-likeness (QED) is 0.464. The Hall–Kier alpha value is -1.76. The van der Waals surface area contributed by atoms with Gasteiger partial charge in [-0.2, -0.15) is 5.10 Å². The summed E-state index contributed by atoms with van der Waals surface area (Å²) in [6, 6.07) is 7.86. The average Bonchev–Trinajstić information content (AvgIpc) is 3.34. The van der Waals surface area contributed by atoms with Gasteiger partial charge < -0.3 is 14.8 Å². The van der Waals surface area contributed by atoms with Crippen molar-refractivity contribution in [1.29, 1.82) is 0 Å². The molecule has 160 valence electrons. The van der Waals surface area contributed by atoms with E-state index in [1.807, 2.05) is 31.3 Å². The zero-order chi connectivity index (χ0) is 21.1. The Balaban J connectivity index is 1.53. The second kappa shape index (κ2) is 9.58. The number of amides is 1. The highest BCUT2D eigenvalue weighted by Crippen LogP contribution is 2.36. The third-order valence-electron chi connectivity index (χ3n) is 5.26. The van der Waals surface area contributed by atoms with E-state index in [4.69, 9.17) is 9.47 Å². The summed E-state index contributed by atoms with van der Waals surface area (Å²) in [4.78, 5) is 14.9. The Bertz CT molecular complexity index is 1040. The van der Waals surface area contributed by atoms with Crippen LogP contribution in [-0.2, 0) is 11.8 Å². The molecule has 10 heteroatoms. The van der Waals surface area contributed by atoms with Gasteiger partial charge in [-0.25, -0.2) is 0 Å². The number of ether oxygens (including phenoxy) is 2. The molecule has 0 unspecified atom stereocenters. The van der Waals surface area contributed by atoms with Gasteiger partial charge in [0.25, 0.3) is 5.91 Å². The molecular weight excluding hydrogens is 517 g/mol. The van der Waals surface area contributed by atoms with E-state index in [9.17, 15) is 4.79 Å². The van der Waals surface area contributed by atoms with Crippen molar-refractivity contribution in [1.82, 2.24) is 24.0 Å². The molecule has 2 aromatic heterocycles. The van der Waals surface area contributed by atoms with Crippen LogP contribution in [0.4, 0.5) is 0 Å². The van der Waals surface area contributed by atoms with Gasteiger partial charge in [-0.05, 0) is 18.2 Å². The Morgan fingerprint density at radius 2 is 2.13 bits per heavy atom. The first-order valence-corrected chi connectivity index (χ1v) is 13.0. The predicted octanol–water partition coefficient (Wildman–Crippen LogP) is 2.96. The lowest BCUT2D eigenvalue weighted by Crippen LogP contribution is -2.41. The fraction of sp³-hybridized carbons (Fsp3) is 0.400. The molecule has 0 saturated carbocycles. The van der Waals surface area contributed by atoms with Crippen LogP contribution in [0.25, 0.3) is 22.2 Å². The number of nitrogens with zero attached hydrogens (tertiary/aromatic N) is 4. The largest absolute Gasteiger partial charge is 0.497 e. The van der Waals surface area contributed by atoms with Crippen molar-refractivity contribution in [3.63, 3.8) is 0 Å². The number of benzene rings is 1. The number of methoxy groups -OCH3 is 1. The second-order valence-electron chi connectivity index (χ2n) is 7.07. The molecule has 0 radical (unpaired) electrons. The van der Waals surface area contributed by atoms with Gasteiger partial charge in [0.05, 0.1) is 31.5 Å².